The number of aryl methyl sites for hydroxylation is 1. The van der Waals surface area contributed by atoms with Gasteiger partial charge in [-0.2, -0.15) is 0 Å². The largest absolute Gasteiger partial charge is 0.325 e. The molecule has 2 N–H and O–H groups in total. The Labute approximate surface area is 257 Å². The highest BCUT2D eigenvalue weighted by molar-refractivity contribution is 7.93. The fourth-order valence-corrected chi connectivity index (χ4v) is 7.07. The standard InChI is InChI=1S/C27H21Cl4N3O5S2/c1-17-5-9-23(10-6-17)41(38,39)34(21-14-18(28)13-19(29)15-21)16-26(35)32-20-7-11-22(12-8-20)40(36,37)33-25-4-2-3-24(30)27(25)31/h2-15,33H,16H2,1H3,(H,32,35). The molecular formula is C27H21Cl4N3O5S2. The highest BCUT2D eigenvalue weighted by Crippen LogP contribution is 2.32. The van der Waals surface area contributed by atoms with Crippen molar-refractivity contribution < 1.29 is 21.6 Å². The van der Waals surface area contributed by atoms with Gasteiger partial charge >= 0.3 is 0 Å². The maximum atomic E-state index is 13.6. The molecule has 0 aliphatic heterocycles. The van der Waals surface area contributed by atoms with Crippen molar-refractivity contribution in [1.29, 1.82) is 0 Å². The number of halogens is 4. The van der Waals surface area contributed by atoms with E-state index in [-0.39, 0.29) is 46.9 Å². The molecule has 4 aromatic carbocycles. The number of carbonyl (C=O) groups is 1. The van der Waals surface area contributed by atoms with E-state index < -0.39 is 32.5 Å². The summed E-state index contributed by atoms with van der Waals surface area (Å²) in [6.07, 6.45) is 0. The number of rotatable bonds is 9. The molecule has 0 aliphatic carbocycles. The SMILES string of the molecule is Cc1ccc(S(=O)(=O)N(CC(=O)Nc2ccc(S(=O)(=O)Nc3cccc(Cl)c3Cl)cc2)c2cc(Cl)cc(Cl)c2)cc1. The van der Waals surface area contributed by atoms with Gasteiger partial charge in [0.15, 0.2) is 0 Å². The lowest BCUT2D eigenvalue weighted by molar-refractivity contribution is -0.114. The molecule has 0 aromatic heterocycles. The fourth-order valence-electron chi connectivity index (χ4n) is 3.67. The fraction of sp³-hybridized carbons (Fsp3) is 0.0741. The van der Waals surface area contributed by atoms with Crippen LogP contribution in [0, 0.1) is 6.92 Å². The molecule has 0 atom stereocenters. The Balaban J connectivity index is 1.56. The van der Waals surface area contributed by atoms with Gasteiger partial charge in [0.1, 0.15) is 6.54 Å². The maximum Gasteiger partial charge on any atom is 0.264 e. The molecule has 0 aliphatic rings. The third kappa shape index (κ3) is 7.45. The molecule has 8 nitrogen and oxygen atoms in total. The lowest BCUT2D eigenvalue weighted by Gasteiger charge is -2.24. The van der Waals surface area contributed by atoms with Crippen LogP contribution in [0.5, 0.6) is 0 Å². The van der Waals surface area contributed by atoms with Crippen molar-refractivity contribution >= 4 is 89.4 Å². The summed E-state index contributed by atoms with van der Waals surface area (Å²) in [6.45, 7) is 1.19. The van der Waals surface area contributed by atoms with Gasteiger partial charge in [-0.05, 0) is 73.7 Å². The minimum Gasteiger partial charge on any atom is -0.325 e. The number of amides is 1. The number of sulfonamides is 2. The van der Waals surface area contributed by atoms with Crippen LogP contribution in [0.15, 0.2) is 94.7 Å². The number of benzene rings is 4. The molecular weight excluding hydrogens is 652 g/mol. The van der Waals surface area contributed by atoms with Crippen molar-refractivity contribution in [3.05, 3.63) is 111 Å². The monoisotopic (exact) mass is 671 g/mol. The summed E-state index contributed by atoms with van der Waals surface area (Å²) in [6, 6.07) is 20.1. The van der Waals surface area contributed by atoms with Crippen LogP contribution in [0.3, 0.4) is 0 Å². The van der Waals surface area contributed by atoms with Crippen molar-refractivity contribution in [2.75, 3.05) is 20.9 Å². The van der Waals surface area contributed by atoms with Crippen molar-refractivity contribution in [1.82, 2.24) is 0 Å². The van der Waals surface area contributed by atoms with E-state index in [1.165, 1.54) is 66.7 Å². The second-order valence-electron chi connectivity index (χ2n) is 8.73. The zero-order valence-corrected chi connectivity index (χ0v) is 25.8. The number of nitrogens with zero attached hydrogens (tertiary/aromatic N) is 1. The van der Waals surface area contributed by atoms with Gasteiger partial charge in [-0.1, -0.05) is 70.2 Å². The Bertz CT molecular complexity index is 1800. The lowest BCUT2D eigenvalue weighted by atomic mass is 10.2. The van der Waals surface area contributed by atoms with E-state index in [2.05, 4.69) is 10.0 Å². The van der Waals surface area contributed by atoms with Crippen LogP contribution in [0.2, 0.25) is 20.1 Å². The molecule has 0 saturated carbocycles. The van der Waals surface area contributed by atoms with E-state index in [0.29, 0.717) is 0 Å². The van der Waals surface area contributed by atoms with Crippen LogP contribution in [-0.2, 0) is 24.8 Å². The first-order valence-corrected chi connectivity index (χ1v) is 16.1. The van der Waals surface area contributed by atoms with Crippen LogP contribution >= 0.6 is 46.4 Å². The normalized spacial score (nSPS) is 11.6. The molecule has 4 rings (SSSR count). The highest BCUT2D eigenvalue weighted by atomic mass is 35.5. The zero-order valence-electron chi connectivity index (χ0n) is 21.1. The quantitative estimate of drug-likeness (QED) is 0.195. The smallest absolute Gasteiger partial charge is 0.264 e. The first kappa shape index (κ1) is 31.0. The zero-order chi connectivity index (χ0) is 29.9. The van der Waals surface area contributed by atoms with Gasteiger partial charge in [0, 0.05) is 15.7 Å². The maximum absolute atomic E-state index is 13.6. The van der Waals surface area contributed by atoms with E-state index in [1.807, 2.05) is 6.92 Å². The Morgan fingerprint density at radius 1 is 0.780 bits per heavy atom. The average molecular weight is 673 g/mol. The minimum atomic E-state index is -4.21. The second kappa shape index (κ2) is 12.5. The number of hydrogen-bond acceptors (Lipinski definition) is 5. The molecule has 4 aromatic rings. The molecule has 0 unspecified atom stereocenters. The minimum absolute atomic E-state index is 0.0335. The van der Waals surface area contributed by atoms with Crippen molar-refractivity contribution in [3.8, 4) is 0 Å². The third-order valence-corrected chi connectivity index (χ3v) is 10.1. The first-order valence-electron chi connectivity index (χ1n) is 11.7. The topological polar surface area (TPSA) is 113 Å². The molecule has 0 spiro atoms. The Kier molecular flexibility index (Phi) is 9.42. The van der Waals surface area contributed by atoms with Gasteiger partial charge in [-0.15, -0.1) is 0 Å². The van der Waals surface area contributed by atoms with E-state index in [4.69, 9.17) is 46.4 Å². The average Bonchev–Trinajstić information content (AvgIpc) is 2.90. The van der Waals surface area contributed by atoms with Gasteiger partial charge < -0.3 is 5.32 Å². The Hall–Kier alpha value is -2.99. The number of carbonyl (C=O) groups excluding carboxylic acids is 1. The summed E-state index contributed by atoms with van der Waals surface area (Å²) >= 11 is 24.3. The second-order valence-corrected chi connectivity index (χ2v) is 13.9. The summed E-state index contributed by atoms with van der Waals surface area (Å²) < 4.78 is 56.1. The predicted octanol–water partition coefficient (Wildman–Crippen LogP) is 7.24. The van der Waals surface area contributed by atoms with E-state index in [0.717, 1.165) is 9.87 Å². The van der Waals surface area contributed by atoms with Gasteiger partial charge in [-0.25, -0.2) is 16.8 Å². The van der Waals surface area contributed by atoms with Crippen LogP contribution in [0.1, 0.15) is 5.56 Å². The van der Waals surface area contributed by atoms with E-state index in [1.54, 1.807) is 18.2 Å². The van der Waals surface area contributed by atoms with E-state index in [9.17, 15) is 21.6 Å². The summed E-state index contributed by atoms with van der Waals surface area (Å²) in [5.41, 5.74) is 1.28. The summed E-state index contributed by atoms with van der Waals surface area (Å²) in [5, 5.41) is 3.18. The molecule has 0 fully saturated rings. The van der Waals surface area contributed by atoms with Crippen LogP contribution < -0.4 is 14.3 Å². The Morgan fingerprint density at radius 2 is 1.37 bits per heavy atom. The molecule has 0 saturated heterocycles. The number of anilines is 3. The molecule has 0 bridgehead atoms. The molecule has 14 heteroatoms. The van der Waals surface area contributed by atoms with Crippen molar-refractivity contribution in [3.63, 3.8) is 0 Å². The van der Waals surface area contributed by atoms with Crippen LogP contribution in [0.25, 0.3) is 0 Å². The molecule has 0 radical (unpaired) electrons. The Morgan fingerprint density at radius 3 is 1.98 bits per heavy atom. The first-order chi connectivity index (χ1) is 19.3. The number of nitrogens with one attached hydrogen (secondary N) is 2. The lowest BCUT2D eigenvalue weighted by Crippen LogP contribution is -2.38. The summed E-state index contributed by atoms with van der Waals surface area (Å²) in [7, 11) is -8.24. The molecule has 41 heavy (non-hydrogen) atoms. The molecule has 214 valence electrons. The van der Waals surface area contributed by atoms with Gasteiger partial charge in [0.25, 0.3) is 20.0 Å². The summed E-state index contributed by atoms with van der Waals surface area (Å²) in [4.78, 5) is 12.9. The predicted molar refractivity (Wildman–Crippen MR) is 165 cm³/mol. The van der Waals surface area contributed by atoms with Gasteiger partial charge in [0.05, 0.1) is 31.2 Å². The van der Waals surface area contributed by atoms with Crippen molar-refractivity contribution in [2.45, 2.75) is 16.7 Å². The number of hydrogen-bond donors (Lipinski definition) is 2. The van der Waals surface area contributed by atoms with Gasteiger partial charge in [0.2, 0.25) is 5.91 Å². The third-order valence-electron chi connectivity index (χ3n) is 5.68. The molecule has 1 amide bonds. The molecule has 0 heterocycles. The highest BCUT2D eigenvalue weighted by Gasteiger charge is 2.28. The van der Waals surface area contributed by atoms with Gasteiger partial charge in [-0.3, -0.25) is 13.8 Å². The summed E-state index contributed by atoms with van der Waals surface area (Å²) in [5.74, 6) is -0.698. The van der Waals surface area contributed by atoms with E-state index >= 15 is 0 Å². The van der Waals surface area contributed by atoms with Crippen molar-refractivity contribution in [2.24, 2.45) is 0 Å². The van der Waals surface area contributed by atoms with Crippen LogP contribution in [-0.4, -0.2) is 29.3 Å². The van der Waals surface area contributed by atoms with Crippen LogP contribution in [0.4, 0.5) is 17.1 Å².